The largest absolute Gasteiger partial charge is 1.00 e. The number of hydrogen-bond acceptors (Lipinski definition) is 2. The molecule has 2 N–H and O–H groups in total. The van der Waals surface area contributed by atoms with Crippen LogP contribution in [-0.2, 0) is 17.1 Å². The fourth-order valence-corrected chi connectivity index (χ4v) is 0. The predicted molar refractivity (Wildman–Crippen MR) is 10.9 cm³/mol. The summed E-state index contributed by atoms with van der Waals surface area (Å²) in [5.74, 6) is 0. The third kappa shape index (κ3) is 57.9. The van der Waals surface area contributed by atoms with Crippen molar-refractivity contribution in [3.63, 3.8) is 0 Å². The summed E-state index contributed by atoms with van der Waals surface area (Å²) in [4.78, 5) is 0. The van der Waals surface area contributed by atoms with Gasteiger partial charge in [-0.05, 0) is 0 Å². The molecule has 0 heterocycles. The molecular weight excluding hydrogens is 127 g/mol. The summed E-state index contributed by atoms with van der Waals surface area (Å²) in [5, 5.41) is 7.10. The van der Waals surface area contributed by atoms with Crippen molar-refractivity contribution in [2.75, 3.05) is 0 Å². The zero-order valence-corrected chi connectivity index (χ0v) is 5.77. The predicted octanol–water partition coefficient (Wildman–Crippen LogP) is -3.46. The molecule has 29 valence electrons. The van der Waals surface area contributed by atoms with Gasteiger partial charge >= 0.3 is 29.6 Å². The van der Waals surface area contributed by atoms with E-state index in [-0.39, 0.29) is 48.1 Å². The number of nitrogens with two attached hydrogens (primary N) is 1. The average molecular weight is 130 g/mol. The Morgan fingerprint density at radius 2 is 1.80 bits per heavy atom. The molecule has 0 atom stereocenters. The number of rotatable bonds is 0. The Labute approximate surface area is 65.0 Å². The smallest absolute Gasteiger partial charge is 1.00 e. The second-order valence-electron chi connectivity index (χ2n) is 0.129. The van der Waals surface area contributed by atoms with E-state index in [1.807, 2.05) is 0 Å². The van der Waals surface area contributed by atoms with Crippen LogP contribution in [0.5, 0.6) is 0 Å². The average Bonchev–Trinajstić information content (AvgIpc) is 0.918. The fraction of sp³-hybridized carbons (Fsp3) is 0. The molecule has 0 aromatic rings. The summed E-state index contributed by atoms with van der Waals surface area (Å²) >= 11 is 0. The van der Waals surface area contributed by atoms with Crippen molar-refractivity contribution in [3.8, 4) is 6.19 Å². The molecule has 4 heteroatoms. The summed E-state index contributed by atoms with van der Waals surface area (Å²) in [6, 6.07) is 0. The van der Waals surface area contributed by atoms with Crippen molar-refractivity contribution in [3.05, 3.63) is 0 Å². The van der Waals surface area contributed by atoms with Crippen molar-refractivity contribution in [1.82, 2.24) is 0 Å². The molecule has 0 fully saturated rings. The molecule has 0 unspecified atom stereocenters. The van der Waals surface area contributed by atoms with Crippen LogP contribution in [0.15, 0.2) is 0 Å². The normalized spacial score (nSPS) is 1.40. The summed E-state index contributed by atoms with van der Waals surface area (Å²) < 4.78 is 0. The van der Waals surface area contributed by atoms with Gasteiger partial charge in [0.1, 0.15) is 0 Å². The second kappa shape index (κ2) is 21.3. The van der Waals surface area contributed by atoms with Crippen LogP contribution >= 0.6 is 0 Å². The first-order valence-corrected chi connectivity index (χ1v) is 0.512. The van der Waals surface area contributed by atoms with E-state index in [9.17, 15) is 0 Å². The van der Waals surface area contributed by atoms with Gasteiger partial charge in [0.25, 0.3) is 0 Å². The van der Waals surface area contributed by atoms with Crippen molar-refractivity contribution >= 4 is 0 Å². The summed E-state index contributed by atoms with van der Waals surface area (Å²) in [6.45, 7) is 0. The zero-order chi connectivity index (χ0) is 2.71. The molecule has 0 bridgehead atoms. The van der Waals surface area contributed by atoms with E-state index >= 15 is 0 Å². The van der Waals surface area contributed by atoms with E-state index in [1.165, 1.54) is 6.19 Å². The molecule has 0 aliphatic carbocycles. The Hall–Kier alpha value is 0.809. The van der Waals surface area contributed by atoms with Crippen molar-refractivity contribution in [1.29, 1.82) is 5.26 Å². The van der Waals surface area contributed by atoms with Gasteiger partial charge in [0.05, 0.1) is 0 Å². The molecule has 0 spiro atoms. The summed E-state index contributed by atoms with van der Waals surface area (Å²) in [5.41, 5.74) is 4.15. The Morgan fingerprint density at radius 1 is 1.80 bits per heavy atom. The van der Waals surface area contributed by atoms with Crippen LogP contribution < -0.4 is 35.3 Å². The maximum absolute atomic E-state index is 7.10. The van der Waals surface area contributed by atoms with Crippen LogP contribution in [0.25, 0.3) is 0 Å². The van der Waals surface area contributed by atoms with E-state index in [0.717, 1.165) is 0 Å². The van der Waals surface area contributed by atoms with Crippen molar-refractivity contribution in [2.24, 2.45) is 5.73 Å². The number of nitrogens with zero attached hydrogens (tertiary/aromatic N) is 1. The summed E-state index contributed by atoms with van der Waals surface area (Å²) in [6.07, 6.45) is 1.25. The maximum atomic E-state index is 7.10. The van der Waals surface area contributed by atoms with Crippen LogP contribution in [0.1, 0.15) is 1.43 Å². The quantitative estimate of drug-likeness (QED) is 0.210. The minimum atomic E-state index is 0. The van der Waals surface area contributed by atoms with Crippen LogP contribution in [-0.4, -0.2) is 0 Å². The maximum Gasteiger partial charge on any atom is 1.00 e. The second-order valence-corrected chi connectivity index (χ2v) is 0.129. The van der Waals surface area contributed by atoms with Crippen molar-refractivity contribution in [2.45, 2.75) is 0 Å². The Bertz CT molecular complexity index is 35.0. The Balaban J connectivity index is -0.00000000667. The topological polar surface area (TPSA) is 49.8 Å². The van der Waals surface area contributed by atoms with Gasteiger partial charge in [-0.3, -0.25) is 0 Å². The van der Waals surface area contributed by atoms with E-state index in [0.29, 0.717) is 0 Å². The van der Waals surface area contributed by atoms with Crippen LogP contribution in [0.3, 0.4) is 0 Å². The first-order chi connectivity index (χ1) is 1.41. The van der Waals surface area contributed by atoms with Crippen LogP contribution in [0.2, 0.25) is 0 Å². The van der Waals surface area contributed by atoms with E-state index in [1.54, 1.807) is 0 Å². The van der Waals surface area contributed by atoms with Gasteiger partial charge in [-0.2, -0.15) is 5.26 Å². The molecule has 2 nitrogen and oxygen atoms in total. The molecule has 0 aliphatic heterocycles. The van der Waals surface area contributed by atoms with Gasteiger partial charge in [0.2, 0.25) is 0 Å². The van der Waals surface area contributed by atoms with E-state index < -0.39 is 0 Å². The Kier molecular flexibility index (Phi) is 72.6. The van der Waals surface area contributed by atoms with Crippen molar-refractivity contribution < 1.29 is 48.1 Å². The minimum Gasteiger partial charge on any atom is -1.00 e. The van der Waals surface area contributed by atoms with E-state index in [2.05, 4.69) is 5.73 Å². The molecule has 0 aliphatic rings. The molecule has 5 heavy (non-hydrogen) atoms. The zero-order valence-electron chi connectivity index (χ0n) is 3.83. The van der Waals surface area contributed by atoms with Gasteiger partial charge < -0.3 is 7.16 Å². The first-order valence-electron chi connectivity index (χ1n) is 0.512. The van der Waals surface area contributed by atoms with Gasteiger partial charge in [-0.25, -0.2) is 0 Å². The molecule has 0 saturated carbocycles. The van der Waals surface area contributed by atoms with Gasteiger partial charge in [0.15, 0.2) is 6.19 Å². The number of hydrogen-bond donors (Lipinski definition) is 1. The van der Waals surface area contributed by atoms with Crippen LogP contribution in [0.4, 0.5) is 0 Å². The molecule has 0 rings (SSSR count). The molecule has 0 aromatic heterocycles. The fourth-order valence-electron chi connectivity index (χ4n) is 0. The third-order valence-electron chi connectivity index (χ3n) is 0. The first kappa shape index (κ1) is 17.0. The monoisotopic (exact) mass is 129 g/mol. The molecule has 0 amide bonds. The van der Waals surface area contributed by atoms with Gasteiger partial charge in [-0.15, -0.1) is 0 Å². The van der Waals surface area contributed by atoms with Gasteiger partial charge in [0, 0.05) is 17.1 Å². The number of nitriles is 1. The standard InChI is InChI=1S/CH2N2.Cu.Na.H/c2-1-3;;;/h2H2;;;/q;;+1;-1. The van der Waals surface area contributed by atoms with Gasteiger partial charge in [-0.1, -0.05) is 0 Å². The minimum absolute atomic E-state index is 0. The molecule has 0 aromatic carbocycles. The molecule has 0 saturated heterocycles. The molecule has 1 radical (unpaired) electrons. The van der Waals surface area contributed by atoms with E-state index in [4.69, 9.17) is 5.26 Å². The third-order valence-corrected chi connectivity index (χ3v) is 0. The molecular formula is CH3CuN2Na. The SMILES string of the molecule is N#CN.[Cu].[H-].[Na+]. The van der Waals surface area contributed by atoms with Crippen LogP contribution in [0, 0.1) is 11.5 Å². The summed E-state index contributed by atoms with van der Waals surface area (Å²) in [7, 11) is 0. The Morgan fingerprint density at radius 3 is 1.80 bits per heavy atom.